The molecule has 5 heteroatoms. The fraction of sp³-hybridized carbons (Fsp3) is 0.833. The zero-order chi connectivity index (χ0) is 12.7. The highest BCUT2D eigenvalue weighted by molar-refractivity contribution is 5.94. The lowest BCUT2D eigenvalue weighted by Gasteiger charge is -2.32. The molecule has 1 heterocycles. The first kappa shape index (κ1) is 14.0. The third-order valence-electron chi connectivity index (χ3n) is 2.96. The minimum atomic E-state index is -0.324. The van der Waals surface area contributed by atoms with Crippen LogP contribution in [0.2, 0.25) is 0 Å². The number of carbonyl (C=O) groups is 2. The van der Waals surface area contributed by atoms with Gasteiger partial charge in [0.2, 0.25) is 11.8 Å². The van der Waals surface area contributed by atoms with Crippen LogP contribution in [0.1, 0.15) is 32.6 Å². The SMILES string of the molecule is CCC1NC(=O)CN(CCCCCOC)C1=O. The third kappa shape index (κ3) is 4.34. The second-order valence-electron chi connectivity index (χ2n) is 4.34. The zero-order valence-electron chi connectivity index (χ0n) is 10.7. The van der Waals surface area contributed by atoms with E-state index in [1.54, 1.807) is 12.0 Å². The van der Waals surface area contributed by atoms with Crippen LogP contribution < -0.4 is 5.32 Å². The smallest absolute Gasteiger partial charge is 0.245 e. The summed E-state index contributed by atoms with van der Waals surface area (Å²) in [5.41, 5.74) is 0. The van der Waals surface area contributed by atoms with Crippen molar-refractivity contribution in [2.24, 2.45) is 0 Å². The molecule has 1 rings (SSSR count). The number of hydrogen-bond acceptors (Lipinski definition) is 3. The maximum Gasteiger partial charge on any atom is 0.245 e. The van der Waals surface area contributed by atoms with Crippen molar-refractivity contribution in [2.75, 3.05) is 26.8 Å². The van der Waals surface area contributed by atoms with Crippen LogP contribution in [0.15, 0.2) is 0 Å². The van der Waals surface area contributed by atoms with Gasteiger partial charge in [0.25, 0.3) is 0 Å². The van der Waals surface area contributed by atoms with Crippen molar-refractivity contribution in [3.05, 3.63) is 0 Å². The normalized spacial score (nSPS) is 20.6. The van der Waals surface area contributed by atoms with Crippen LogP contribution in [0, 0.1) is 0 Å². The van der Waals surface area contributed by atoms with Crippen molar-refractivity contribution < 1.29 is 14.3 Å². The van der Waals surface area contributed by atoms with E-state index in [1.807, 2.05) is 6.92 Å². The molecule has 0 spiro atoms. The van der Waals surface area contributed by atoms with Crippen molar-refractivity contribution in [2.45, 2.75) is 38.6 Å². The molecule has 17 heavy (non-hydrogen) atoms. The van der Waals surface area contributed by atoms with Crippen LogP contribution in [0.3, 0.4) is 0 Å². The Morgan fingerprint density at radius 2 is 2.12 bits per heavy atom. The Bertz CT molecular complexity index is 268. The molecule has 1 atom stereocenters. The van der Waals surface area contributed by atoms with Crippen molar-refractivity contribution >= 4 is 11.8 Å². The molecule has 2 amide bonds. The van der Waals surface area contributed by atoms with Gasteiger partial charge in [-0.15, -0.1) is 0 Å². The fourth-order valence-electron chi connectivity index (χ4n) is 1.97. The minimum Gasteiger partial charge on any atom is -0.385 e. The Morgan fingerprint density at radius 1 is 1.35 bits per heavy atom. The Balaban J connectivity index is 2.30. The minimum absolute atomic E-state index is 0.0478. The van der Waals surface area contributed by atoms with Gasteiger partial charge >= 0.3 is 0 Å². The number of amides is 2. The van der Waals surface area contributed by atoms with Gasteiger partial charge < -0.3 is 15.0 Å². The summed E-state index contributed by atoms with van der Waals surface area (Å²) in [6.07, 6.45) is 3.61. The van der Waals surface area contributed by atoms with E-state index in [9.17, 15) is 9.59 Å². The van der Waals surface area contributed by atoms with Gasteiger partial charge in [0.1, 0.15) is 6.04 Å². The molecule has 1 fully saturated rings. The standard InChI is InChI=1S/C12H22N2O3/c1-3-10-12(16)14(9-11(15)13-10)7-5-4-6-8-17-2/h10H,3-9H2,1-2H3,(H,13,15). The van der Waals surface area contributed by atoms with Crippen LogP contribution in [-0.4, -0.2) is 49.6 Å². The van der Waals surface area contributed by atoms with E-state index < -0.39 is 0 Å². The third-order valence-corrected chi connectivity index (χ3v) is 2.96. The molecule has 1 aliphatic rings. The number of rotatable bonds is 7. The molecule has 98 valence electrons. The zero-order valence-corrected chi connectivity index (χ0v) is 10.7. The van der Waals surface area contributed by atoms with Crippen molar-refractivity contribution in [1.29, 1.82) is 0 Å². The number of ether oxygens (including phenoxy) is 1. The van der Waals surface area contributed by atoms with E-state index in [2.05, 4.69) is 5.32 Å². The van der Waals surface area contributed by atoms with Gasteiger partial charge in [-0.25, -0.2) is 0 Å². The number of nitrogens with one attached hydrogen (secondary N) is 1. The molecular weight excluding hydrogens is 220 g/mol. The summed E-state index contributed by atoms with van der Waals surface area (Å²) in [5.74, 6) is 0.00665. The molecule has 1 N–H and O–H groups in total. The predicted octanol–water partition coefficient (Wildman–Crippen LogP) is 0.540. The first-order valence-corrected chi connectivity index (χ1v) is 6.26. The van der Waals surface area contributed by atoms with Gasteiger partial charge in [-0.1, -0.05) is 6.92 Å². The number of methoxy groups -OCH3 is 1. The quantitative estimate of drug-likeness (QED) is 0.663. The second-order valence-corrected chi connectivity index (χ2v) is 4.34. The van der Waals surface area contributed by atoms with Gasteiger partial charge in [0.05, 0.1) is 6.54 Å². The molecular formula is C12H22N2O3. The maximum atomic E-state index is 11.9. The monoisotopic (exact) mass is 242 g/mol. The van der Waals surface area contributed by atoms with Gasteiger partial charge in [0, 0.05) is 20.3 Å². The molecule has 0 radical (unpaired) electrons. The Hall–Kier alpha value is -1.10. The number of nitrogens with zero attached hydrogens (tertiary/aromatic N) is 1. The van der Waals surface area contributed by atoms with Crippen LogP contribution in [0.25, 0.3) is 0 Å². The summed E-state index contributed by atoms with van der Waals surface area (Å²) >= 11 is 0. The molecule has 0 bridgehead atoms. The van der Waals surface area contributed by atoms with E-state index in [0.717, 1.165) is 25.9 Å². The lowest BCUT2D eigenvalue weighted by atomic mass is 10.1. The fourth-order valence-corrected chi connectivity index (χ4v) is 1.97. The number of hydrogen-bond donors (Lipinski definition) is 1. The first-order chi connectivity index (χ1) is 8.19. The summed E-state index contributed by atoms with van der Waals surface area (Å²) in [5, 5.41) is 2.71. The van der Waals surface area contributed by atoms with Crippen molar-refractivity contribution in [1.82, 2.24) is 10.2 Å². The highest BCUT2D eigenvalue weighted by atomic mass is 16.5. The van der Waals surface area contributed by atoms with E-state index in [-0.39, 0.29) is 24.4 Å². The average molecular weight is 242 g/mol. The maximum absolute atomic E-state index is 11.9. The van der Waals surface area contributed by atoms with E-state index in [1.165, 1.54) is 0 Å². The number of piperazine rings is 1. The van der Waals surface area contributed by atoms with Gasteiger partial charge in [-0.3, -0.25) is 9.59 Å². The molecule has 0 aromatic heterocycles. The Labute approximate surface area is 102 Å². The van der Waals surface area contributed by atoms with Crippen LogP contribution in [0.5, 0.6) is 0 Å². The molecule has 0 aromatic carbocycles. The second kappa shape index (κ2) is 7.27. The average Bonchev–Trinajstić information content (AvgIpc) is 2.32. The largest absolute Gasteiger partial charge is 0.385 e. The van der Waals surface area contributed by atoms with Gasteiger partial charge in [-0.05, 0) is 25.7 Å². The molecule has 0 aliphatic carbocycles. The van der Waals surface area contributed by atoms with E-state index in [4.69, 9.17) is 4.74 Å². The number of carbonyl (C=O) groups excluding carboxylic acids is 2. The summed E-state index contributed by atoms with van der Waals surface area (Å²) < 4.78 is 4.96. The summed E-state index contributed by atoms with van der Waals surface area (Å²) in [6, 6.07) is -0.324. The molecule has 1 saturated heterocycles. The summed E-state index contributed by atoms with van der Waals surface area (Å²) in [7, 11) is 1.68. The lowest BCUT2D eigenvalue weighted by Crippen LogP contribution is -2.57. The highest BCUT2D eigenvalue weighted by Crippen LogP contribution is 2.07. The van der Waals surface area contributed by atoms with Gasteiger partial charge in [0.15, 0.2) is 0 Å². The highest BCUT2D eigenvalue weighted by Gasteiger charge is 2.30. The van der Waals surface area contributed by atoms with Crippen molar-refractivity contribution in [3.63, 3.8) is 0 Å². The molecule has 1 aliphatic heterocycles. The predicted molar refractivity (Wildman–Crippen MR) is 64.5 cm³/mol. The van der Waals surface area contributed by atoms with E-state index >= 15 is 0 Å². The molecule has 0 saturated carbocycles. The molecule has 0 aromatic rings. The van der Waals surface area contributed by atoms with Crippen LogP contribution >= 0.6 is 0 Å². The molecule has 5 nitrogen and oxygen atoms in total. The Morgan fingerprint density at radius 3 is 2.76 bits per heavy atom. The van der Waals surface area contributed by atoms with Gasteiger partial charge in [-0.2, -0.15) is 0 Å². The lowest BCUT2D eigenvalue weighted by molar-refractivity contribution is -0.144. The molecule has 1 unspecified atom stereocenters. The van der Waals surface area contributed by atoms with E-state index in [0.29, 0.717) is 13.0 Å². The summed E-state index contributed by atoms with van der Waals surface area (Å²) in [4.78, 5) is 25.0. The first-order valence-electron chi connectivity index (χ1n) is 6.26. The van der Waals surface area contributed by atoms with Crippen LogP contribution in [0.4, 0.5) is 0 Å². The van der Waals surface area contributed by atoms with Crippen LogP contribution in [-0.2, 0) is 14.3 Å². The number of unbranched alkanes of at least 4 members (excludes halogenated alkanes) is 2. The van der Waals surface area contributed by atoms with Crippen molar-refractivity contribution in [3.8, 4) is 0 Å². The Kier molecular flexibility index (Phi) is 5.97. The topological polar surface area (TPSA) is 58.6 Å². The summed E-state index contributed by atoms with van der Waals surface area (Å²) in [6.45, 7) is 3.54.